The molecule has 0 amide bonds. The standard InChI is InChI=1S/C20H23FN10O9P2S2/c21-9-14-8(37-19(9)31-5-26-10-15(22)24-3-25-16(10)31)2-36-41(34,43)39-13-6(1-7(12(13)32)38-42(35,44)40-14)30-4-27-11-17(30)28-20(23)29-18(11)33/h3-9,12-14,19,32H,1-2H2,(H,34,43)(H,35,44)(H2,22,24,25)(H3,23,28,29,33)/t6-,7+,8-,9-,12?,13+,14-,19-,41?,42?/m1/s1. The fourth-order valence-electron chi connectivity index (χ4n) is 5.58. The zero-order valence-electron chi connectivity index (χ0n) is 21.9. The van der Waals surface area contributed by atoms with Crippen LogP contribution in [-0.2, 0) is 32.0 Å². The topological polar surface area (TPSA) is 260 Å². The molecule has 3 unspecified atom stereocenters. The molecule has 19 nitrogen and oxygen atoms in total. The molecule has 44 heavy (non-hydrogen) atoms. The Labute approximate surface area is 255 Å². The second kappa shape index (κ2) is 10.7. The molecule has 2 bridgehead atoms. The number of alkyl halides is 1. The summed E-state index contributed by atoms with van der Waals surface area (Å²) in [5.74, 6) is -0.156. The number of ether oxygens (including phenoxy) is 1. The molecule has 2 saturated heterocycles. The van der Waals surface area contributed by atoms with Crippen LogP contribution in [0, 0.1) is 0 Å². The summed E-state index contributed by atoms with van der Waals surface area (Å²) in [6.07, 6.45) is -7.31. The molecular weight excluding hydrogens is 669 g/mol. The van der Waals surface area contributed by atoms with Crippen molar-refractivity contribution in [2.45, 2.75) is 55.4 Å². The number of halogens is 1. The summed E-state index contributed by atoms with van der Waals surface area (Å²) in [7, 11) is 0. The first-order valence-electron chi connectivity index (χ1n) is 12.8. The number of fused-ring (bicyclic) bond motifs is 5. The molecule has 236 valence electrons. The number of hydrogen-bond donors (Lipinski definition) is 6. The van der Waals surface area contributed by atoms with E-state index < -0.39 is 74.7 Å². The summed E-state index contributed by atoms with van der Waals surface area (Å²) in [5, 5.41) is 11.2. The van der Waals surface area contributed by atoms with Gasteiger partial charge in [-0.2, -0.15) is 4.98 Å². The highest BCUT2D eigenvalue weighted by molar-refractivity contribution is 8.44. The van der Waals surface area contributed by atoms with Gasteiger partial charge in [0.05, 0.1) is 31.4 Å². The van der Waals surface area contributed by atoms with E-state index in [4.69, 9.17) is 34.3 Å². The van der Waals surface area contributed by atoms with Crippen molar-refractivity contribution in [2.24, 2.45) is 0 Å². The Bertz CT molecular complexity index is 1930. The van der Waals surface area contributed by atoms with Crippen LogP contribution in [0.1, 0.15) is 18.7 Å². The van der Waals surface area contributed by atoms with Crippen molar-refractivity contribution >= 4 is 72.2 Å². The van der Waals surface area contributed by atoms with Gasteiger partial charge in [-0.1, -0.05) is 24.5 Å². The number of nitrogen functional groups attached to an aromatic ring is 2. The molecule has 2 aliphatic heterocycles. The number of anilines is 2. The minimum absolute atomic E-state index is 0.0236. The predicted octanol–water partition coefficient (Wildman–Crippen LogP) is 0.927. The number of rotatable bonds is 2. The number of aliphatic hydroxyl groups excluding tert-OH is 1. The fraction of sp³-hybridized carbons (Fsp3) is 0.500. The second-order valence-electron chi connectivity index (χ2n) is 10.2. The van der Waals surface area contributed by atoms with Crippen molar-refractivity contribution < 1.29 is 41.5 Å². The first-order valence-corrected chi connectivity index (χ1v) is 18.2. The fourth-order valence-corrected chi connectivity index (χ4v) is 8.93. The molecule has 24 heteroatoms. The van der Waals surface area contributed by atoms with E-state index in [1.54, 1.807) is 0 Å². The number of nitrogens with two attached hydrogens (primary N) is 2. The van der Waals surface area contributed by atoms with Gasteiger partial charge in [0, 0.05) is 6.42 Å². The molecule has 0 aromatic carbocycles. The van der Waals surface area contributed by atoms with E-state index >= 15 is 4.39 Å². The molecule has 3 fully saturated rings. The van der Waals surface area contributed by atoms with Crippen LogP contribution < -0.4 is 17.0 Å². The van der Waals surface area contributed by atoms with Gasteiger partial charge in [0.1, 0.15) is 36.3 Å². The third-order valence-corrected chi connectivity index (χ3v) is 10.7. The minimum Gasteiger partial charge on any atom is -0.388 e. The SMILES string of the molecule is Nc1nc2c(ncn2[C@@H]2C[C@@H]3OP(=O)(S)O[C@H]4[C@@H](F)[C@H](n5cnc6c(N)ncnc65)O[C@@H]4COP(=O)(S)O[C@@H]2C3O)c(=O)[nH]1. The lowest BCUT2D eigenvalue weighted by atomic mass is 10.1. The third kappa shape index (κ3) is 5.12. The summed E-state index contributed by atoms with van der Waals surface area (Å²) in [6.45, 7) is -9.42. The van der Waals surface area contributed by atoms with Gasteiger partial charge < -0.3 is 25.9 Å². The zero-order chi connectivity index (χ0) is 31.1. The number of imidazole rings is 2. The van der Waals surface area contributed by atoms with Gasteiger partial charge in [-0.15, -0.1) is 0 Å². The number of aliphatic hydroxyl groups is 1. The number of aromatic nitrogens is 8. The zero-order valence-corrected chi connectivity index (χ0v) is 25.5. The first kappa shape index (κ1) is 30.0. The lowest BCUT2D eigenvalue weighted by Crippen LogP contribution is -2.37. The van der Waals surface area contributed by atoms with E-state index in [0.717, 1.165) is 6.33 Å². The van der Waals surface area contributed by atoms with E-state index in [-0.39, 0.29) is 40.5 Å². The highest BCUT2D eigenvalue weighted by Gasteiger charge is 2.55. The van der Waals surface area contributed by atoms with E-state index in [1.165, 1.54) is 21.8 Å². The molecule has 0 spiro atoms. The van der Waals surface area contributed by atoms with Crippen molar-refractivity contribution in [3.05, 3.63) is 29.3 Å². The average molecular weight is 693 g/mol. The lowest BCUT2D eigenvalue weighted by Gasteiger charge is -2.29. The number of nitrogens with one attached hydrogen (secondary N) is 1. The van der Waals surface area contributed by atoms with E-state index in [0.29, 0.717) is 0 Å². The van der Waals surface area contributed by atoms with Gasteiger partial charge in [-0.05, 0) is 0 Å². The Morgan fingerprint density at radius 3 is 2.50 bits per heavy atom. The van der Waals surface area contributed by atoms with E-state index in [2.05, 4.69) is 54.4 Å². The number of H-pyrrole nitrogens is 1. The Kier molecular flexibility index (Phi) is 7.31. The Morgan fingerprint density at radius 1 is 0.977 bits per heavy atom. The molecule has 6 heterocycles. The van der Waals surface area contributed by atoms with Crippen LogP contribution in [-0.4, -0.2) is 87.4 Å². The minimum atomic E-state index is -4.46. The Hall–Kier alpha value is -2.65. The van der Waals surface area contributed by atoms with Crippen LogP contribution >= 0.6 is 38.1 Å². The van der Waals surface area contributed by atoms with Crippen molar-refractivity contribution in [2.75, 3.05) is 18.1 Å². The smallest absolute Gasteiger partial charge is 0.386 e. The molecule has 0 radical (unpaired) electrons. The maximum Gasteiger partial charge on any atom is 0.386 e. The highest BCUT2D eigenvalue weighted by atomic mass is 32.7. The van der Waals surface area contributed by atoms with Crippen LogP contribution in [0.5, 0.6) is 0 Å². The summed E-state index contributed by atoms with van der Waals surface area (Å²) >= 11 is 8.11. The molecule has 1 saturated carbocycles. The maximum atomic E-state index is 16.0. The van der Waals surface area contributed by atoms with E-state index in [1.807, 2.05) is 0 Å². The van der Waals surface area contributed by atoms with Crippen molar-refractivity contribution in [3.63, 3.8) is 0 Å². The van der Waals surface area contributed by atoms with Gasteiger partial charge in [0.15, 0.2) is 35.0 Å². The largest absolute Gasteiger partial charge is 0.388 e. The molecule has 10 atom stereocenters. The molecule has 4 aromatic heterocycles. The van der Waals surface area contributed by atoms with Gasteiger partial charge in [-0.25, -0.2) is 33.5 Å². The van der Waals surface area contributed by atoms with Crippen molar-refractivity contribution in [3.8, 4) is 0 Å². The van der Waals surface area contributed by atoms with E-state index in [9.17, 15) is 19.0 Å². The van der Waals surface area contributed by atoms with Crippen LogP contribution in [0.15, 0.2) is 23.8 Å². The third-order valence-electron chi connectivity index (χ3n) is 7.49. The quantitative estimate of drug-likeness (QED) is 0.126. The van der Waals surface area contributed by atoms with Crippen molar-refractivity contribution in [1.82, 2.24) is 39.0 Å². The molecule has 1 aliphatic carbocycles. The number of aromatic amines is 1. The van der Waals surface area contributed by atoms with Crippen LogP contribution in [0.3, 0.4) is 0 Å². The van der Waals surface area contributed by atoms with Gasteiger partial charge in [-0.3, -0.25) is 32.4 Å². The van der Waals surface area contributed by atoms with Crippen molar-refractivity contribution in [1.29, 1.82) is 0 Å². The lowest BCUT2D eigenvalue weighted by molar-refractivity contribution is -0.0519. The van der Waals surface area contributed by atoms with Gasteiger partial charge >= 0.3 is 13.6 Å². The molecule has 3 aliphatic rings. The first-order chi connectivity index (χ1) is 20.8. The Balaban J connectivity index is 1.22. The van der Waals surface area contributed by atoms with Crippen LogP contribution in [0.4, 0.5) is 16.2 Å². The molecule has 7 rings (SSSR count). The van der Waals surface area contributed by atoms with Crippen LogP contribution in [0.2, 0.25) is 0 Å². The predicted molar refractivity (Wildman–Crippen MR) is 155 cm³/mol. The number of nitrogens with zero attached hydrogens (tertiary/aromatic N) is 7. The van der Waals surface area contributed by atoms with Crippen LogP contribution in [0.25, 0.3) is 22.3 Å². The maximum absolute atomic E-state index is 16.0. The molecule has 6 N–H and O–H groups in total. The second-order valence-corrected chi connectivity index (χ2v) is 15.9. The highest BCUT2D eigenvalue weighted by Crippen LogP contribution is 2.62. The van der Waals surface area contributed by atoms with Gasteiger partial charge in [0.25, 0.3) is 5.56 Å². The summed E-state index contributed by atoms with van der Waals surface area (Å²) < 4.78 is 73.9. The molecular formula is C20H23FN10O9P2S2. The number of thiol groups is 2. The molecule has 4 aromatic rings. The average Bonchev–Trinajstić information content (AvgIpc) is 3.70. The normalized spacial score (nSPS) is 38.0. The summed E-state index contributed by atoms with van der Waals surface area (Å²) in [5.41, 5.74) is 11.2. The number of hydrogen-bond acceptors (Lipinski definition) is 16. The Morgan fingerprint density at radius 2 is 1.70 bits per heavy atom. The van der Waals surface area contributed by atoms with Gasteiger partial charge in [0.2, 0.25) is 5.95 Å². The monoisotopic (exact) mass is 692 g/mol. The summed E-state index contributed by atoms with van der Waals surface area (Å²) in [4.78, 5) is 34.9. The summed E-state index contributed by atoms with van der Waals surface area (Å²) in [6, 6.07) is -0.968.